The Bertz CT molecular complexity index is 532. The molecule has 0 aliphatic carbocycles. The summed E-state index contributed by atoms with van der Waals surface area (Å²) in [6, 6.07) is 11.2. The fraction of sp³-hybridized carbons (Fsp3) is 0.143. The second-order valence-corrected chi connectivity index (χ2v) is 4.42. The molecule has 0 aromatic heterocycles. The van der Waals surface area contributed by atoms with Crippen LogP contribution in [0, 0.1) is 13.8 Å². The summed E-state index contributed by atoms with van der Waals surface area (Å²) in [5.74, 6) is 0.261. The van der Waals surface area contributed by atoms with Crippen molar-refractivity contribution in [3.05, 3.63) is 52.5 Å². The van der Waals surface area contributed by atoms with Gasteiger partial charge in [0, 0.05) is 10.6 Å². The first-order valence-corrected chi connectivity index (χ1v) is 5.52. The first-order valence-electron chi connectivity index (χ1n) is 5.14. The molecule has 82 valence electrons. The van der Waals surface area contributed by atoms with E-state index >= 15 is 0 Å². The van der Waals surface area contributed by atoms with E-state index in [1.807, 2.05) is 19.1 Å². The zero-order chi connectivity index (χ0) is 11.7. The van der Waals surface area contributed by atoms with Crippen LogP contribution in [0.1, 0.15) is 11.1 Å². The molecule has 0 saturated carbocycles. The first-order chi connectivity index (χ1) is 7.58. The number of rotatable bonds is 1. The molecule has 2 aromatic carbocycles. The van der Waals surface area contributed by atoms with Crippen molar-refractivity contribution in [2.24, 2.45) is 0 Å². The van der Waals surface area contributed by atoms with Gasteiger partial charge in [0.25, 0.3) is 0 Å². The standard InChI is InChI=1S/C14H13ClO/c1-9-3-5-12(10(2)7-9)13-8-11(15)4-6-14(13)16/h3-8,16H,1-2H3. The first kappa shape index (κ1) is 11.0. The molecule has 0 fully saturated rings. The van der Waals surface area contributed by atoms with Gasteiger partial charge in [-0.2, -0.15) is 0 Å². The van der Waals surface area contributed by atoms with E-state index in [1.54, 1.807) is 18.2 Å². The molecule has 0 aliphatic heterocycles. The third kappa shape index (κ3) is 2.05. The van der Waals surface area contributed by atoms with Gasteiger partial charge in [-0.25, -0.2) is 0 Å². The number of aromatic hydroxyl groups is 1. The molecule has 0 aliphatic rings. The molecule has 2 heteroatoms. The van der Waals surface area contributed by atoms with E-state index in [1.165, 1.54) is 5.56 Å². The predicted octanol–water partition coefficient (Wildman–Crippen LogP) is 4.33. The summed E-state index contributed by atoms with van der Waals surface area (Å²) in [5.41, 5.74) is 4.15. The van der Waals surface area contributed by atoms with Crippen molar-refractivity contribution in [2.75, 3.05) is 0 Å². The highest BCUT2D eigenvalue weighted by Gasteiger charge is 2.07. The fourth-order valence-electron chi connectivity index (χ4n) is 1.84. The molecule has 1 nitrogen and oxygen atoms in total. The summed E-state index contributed by atoms with van der Waals surface area (Å²) in [5, 5.41) is 10.5. The van der Waals surface area contributed by atoms with E-state index in [0.717, 1.165) is 16.7 Å². The van der Waals surface area contributed by atoms with E-state index in [-0.39, 0.29) is 5.75 Å². The zero-order valence-electron chi connectivity index (χ0n) is 9.29. The zero-order valence-corrected chi connectivity index (χ0v) is 10.0. The van der Waals surface area contributed by atoms with Crippen molar-refractivity contribution in [2.45, 2.75) is 13.8 Å². The molecule has 0 bridgehead atoms. The van der Waals surface area contributed by atoms with Crippen molar-refractivity contribution >= 4 is 11.6 Å². The summed E-state index contributed by atoms with van der Waals surface area (Å²) < 4.78 is 0. The SMILES string of the molecule is Cc1ccc(-c2cc(Cl)ccc2O)c(C)c1. The van der Waals surface area contributed by atoms with E-state index in [9.17, 15) is 5.11 Å². The van der Waals surface area contributed by atoms with Gasteiger partial charge in [-0.3, -0.25) is 0 Å². The van der Waals surface area contributed by atoms with Crippen LogP contribution in [-0.2, 0) is 0 Å². The molecule has 1 N–H and O–H groups in total. The van der Waals surface area contributed by atoms with Crippen molar-refractivity contribution in [3.8, 4) is 16.9 Å². The van der Waals surface area contributed by atoms with Crippen LogP contribution in [-0.4, -0.2) is 5.11 Å². The Labute approximate surface area is 100 Å². The summed E-state index contributed by atoms with van der Waals surface area (Å²) in [6.45, 7) is 4.08. The minimum Gasteiger partial charge on any atom is -0.507 e. The minimum absolute atomic E-state index is 0.261. The van der Waals surface area contributed by atoms with Gasteiger partial charge in [-0.15, -0.1) is 0 Å². The van der Waals surface area contributed by atoms with E-state index in [2.05, 4.69) is 13.0 Å². The van der Waals surface area contributed by atoms with E-state index in [4.69, 9.17) is 11.6 Å². The Morgan fingerprint density at radius 3 is 2.38 bits per heavy atom. The van der Waals surface area contributed by atoms with E-state index in [0.29, 0.717) is 5.02 Å². The highest BCUT2D eigenvalue weighted by atomic mass is 35.5. The van der Waals surface area contributed by atoms with Crippen LogP contribution in [0.2, 0.25) is 5.02 Å². The van der Waals surface area contributed by atoms with Crippen molar-refractivity contribution < 1.29 is 5.11 Å². The minimum atomic E-state index is 0.261. The molecular weight excluding hydrogens is 220 g/mol. The van der Waals surface area contributed by atoms with Gasteiger partial charge in [0.15, 0.2) is 0 Å². The number of halogens is 1. The third-order valence-electron chi connectivity index (χ3n) is 2.63. The third-order valence-corrected chi connectivity index (χ3v) is 2.87. The highest BCUT2D eigenvalue weighted by Crippen LogP contribution is 2.33. The fourth-order valence-corrected chi connectivity index (χ4v) is 2.01. The summed E-state index contributed by atoms with van der Waals surface area (Å²) >= 11 is 5.94. The summed E-state index contributed by atoms with van der Waals surface area (Å²) in [4.78, 5) is 0. The van der Waals surface area contributed by atoms with Gasteiger partial charge >= 0.3 is 0 Å². The lowest BCUT2D eigenvalue weighted by molar-refractivity contribution is 0.477. The smallest absolute Gasteiger partial charge is 0.123 e. The predicted molar refractivity (Wildman–Crippen MR) is 68.0 cm³/mol. The normalized spacial score (nSPS) is 10.4. The number of hydrogen-bond acceptors (Lipinski definition) is 1. The summed E-state index contributed by atoms with van der Waals surface area (Å²) in [7, 11) is 0. The number of aryl methyl sites for hydroxylation is 2. The lowest BCUT2D eigenvalue weighted by atomic mass is 9.98. The number of phenols is 1. The van der Waals surface area contributed by atoms with Gasteiger partial charge in [0.05, 0.1) is 0 Å². The Hall–Kier alpha value is -1.47. The quantitative estimate of drug-likeness (QED) is 0.776. The number of benzene rings is 2. The topological polar surface area (TPSA) is 20.2 Å². The number of phenolic OH excluding ortho intramolecular Hbond substituents is 1. The Kier molecular flexibility index (Phi) is 2.88. The van der Waals surface area contributed by atoms with Crippen molar-refractivity contribution in [1.82, 2.24) is 0 Å². The molecule has 2 rings (SSSR count). The molecule has 0 saturated heterocycles. The molecule has 0 amide bonds. The van der Waals surface area contributed by atoms with Gasteiger partial charge in [-0.1, -0.05) is 35.4 Å². The maximum absolute atomic E-state index is 9.82. The van der Waals surface area contributed by atoms with Crippen molar-refractivity contribution in [1.29, 1.82) is 0 Å². The molecule has 0 heterocycles. The monoisotopic (exact) mass is 232 g/mol. The second kappa shape index (κ2) is 4.18. The molecule has 0 atom stereocenters. The Balaban J connectivity index is 2.62. The summed E-state index contributed by atoms with van der Waals surface area (Å²) in [6.07, 6.45) is 0. The maximum atomic E-state index is 9.82. The van der Waals surface area contributed by atoms with Gasteiger partial charge in [0.2, 0.25) is 0 Å². The molecular formula is C14H13ClO. The Morgan fingerprint density at radius 2 is 1.69 bits per heavy atom. The second-order valence-electron chi connectivity index (χ2n) is 3.98. The average molecular weight is 233 g/mol. The lowest BCUT2D eigenvalue weighted by Gasteiger charge is -2.09. The molecule has 0 spiro atoms. The maximum Gasteiger partial charge on any atom is 0.123 e. The van der Waals surface area contributed by atoms with Crippen LogP contribution in [0.3, 0.4) is 0 Å². The van der Waals surface area contributed by atoms with Crippen molar-refractivity contribution in [3.63, 3.8) is 0 Å². The van der Waals surface area contributed by atoms with Crippen LogP contribution in [0.15, 0.2) is 36.4 Å². The number of hydrogen-bond donors (Lipinski definition) is 1. The molecule has 16 heavy (non-hydrogen) atoms. The van der Waals surface area contributed by atoms with Crippen LogP contribution < -0.4 is 0 Å². The van der Waals surface area contributed by atoms with Gasteiger partial charge in [-0.05, 0) is 43.2 Å². The van der Waals surface area contributed by atoms with Gasteiger partial charge < -0.3 is 5.11 Å². The van der Waals surface area contributed by atoms with Crippen LogP contribution in [0.25, 0.3) is 11.1 Å². The van der Waals surface area contributed by atoms with Crippen LogP contribution >= 0.6 is 11.6 Å². The van der Waals surface area contributed by atoms with Crippen LogP contribution in [0.4, 0.5) is 0 Å². The molecule has 0 radical (unpaired) electrons. The molecule has 2 aromatic rings. The van der Waals surface area contributed by atoms with E-state index < -0.39 is 0 Å². The van der Waals surface area contributed by atoms with Crippen LogP contribution in [0.5, 0.6) is 5.75 Å². The lowest BCUT2D eigenvalue weighted by Crippen LogP contribution is -1.85. The Morgan fingerprint density at radius 1 is 0.938 bits per heavy atom. The average Bonchev–Trinajstić information content (AvgIpc) is 2.22. The largest absolute Gasteiger partial charge is 0.507 e. The molecule has 0 unspecified atom stereocenters. The highest BCUT2D eigenvalue weighted by molar-refractivity contribution is 6.31. The van der Waals surface area contributed by atoms with Gasteiger partial charge in [0.1, 0.15) is 5.75 Å².